The second kappa shape index (κ2) is 16.2. The minimum Gasteiger partial charge on any atom is -0.478 e. The van der Waals surface area contributed by atoms with Gasteiger partial charge < -0.3 is 5.11 Å². The summed E-state index contributed by atoms with van der Waals surface area (Å²) < 4.78 is 0. The quantitative estimate of drug-likeness (QED) is 0.141. The minimum absolute atomic E-state index is 0.00973. The maximum atomic E-state index is 10.2. The first kappa shape index (κ1) is 20.9. The van der Waals surface area contributed by atoms with Gasteiger partial charge in [-0.15, -0.1) is 0 Å². The molecule has 128 valence electrons. The zero-order valence-electron chi connectivity index (χ0n) is 13.9. The first-order chi connectivity index (χ1) is 10.7. The Morgan fingerprint density at radius 2 is 1.64 bits per heavy atom. The molecule has 22 heavy (non-hydrogen) atoms. The van der Waals surface area contributed by atoms with E-state index in [1.807, 2.05) is 6.08 Å². The Kier molecular flexibility index (Phi) is 15.4. The molecule has 0 aromatic heterocycles. The Balaban J connectivity index is 3.39. The summed E-state index contributed by atoms with van der Waals surface area (Å²) in [4.78, 5) is 14.8. The van der Waals surface area contributed by atoms with Crippen molar-refractivity contribution in [1.82, 2.24) is 0 Å². The lowest BCUT2D eigenvalue weighted by atomic mass is 10.0. The molecule has 4 heteroatoms. The van der Waals surface area contributed by atoms with Crippen LogP contribution in [0.4, 0.5) is 0 Å². The summed E-state index contributed by atoms with van der Waals surface area (Å²) in [5.74, 6) is -0.912. The van der Waals surface area contributed by atoms with Gasteiger partial charge in [-0.2, -0.15) is 0 Å². The van der Waals surface area contributed by atoms with E-state index in [2.05, 4.69) is 11.8 Å². The molecule has 0 bridgehead atoms. The van der Waals surface area contributed by atoms with E-state index >= 15 is 0 Å². The first-order valence-corrected chi connectivity index (χ1v) is 8.57. The molecule has 0 amide bonds. The third-order valence-corrected chi connectivity index (χ3v) is 3.66. The molecule has 0 unspecified atom stereocenters. The van der Waals surface area contributed by atoms with Crippen LogP contribution < -0.4 is 0 Å². The van der Waals surface area contributed by atoms with Crippen molar-refractivity contribution in [3.05, 3.63) is 24.3 Å². The van der Waals surface area contributed by atoms with Crippen LogP contribution in [0.5, 0.6) is 0 Å². The van der Waals surface area contributed by atoms with Gasteiger partial charge in [-0.05, 0) is 25.7 Å². The van der Waals surface area contributed by atoms with Crippen molar-refractivity contribution in [2.75, 3.05) is 0 Å². The molecule has 1 atom stereocenters. The number of rotatable bonds is 15. The third-order valence-electron chi connectivity index (χ3n) is 3.66. The molecular weight excluding hydrogens is 280 g/mol. The zero-order chi connectivity index (χ0) is 16.5. The van der Waals surface area contributed by atoms with Crippen LogP contribution in [0, 0.1) is 0 Å². The van der Waals surface area contributed by atoms with Gasteiger partial charge in [-0.25, -0.2) is 9.68 Å². The van der Waals surface area contributed by atoms with Gasteiger partial charge >= 0.3 is 5.97 Å². The Hall–Kier alpha value is -1.13. The molecule has 0 heterocycles. The summed E-state index contributed by atoms with van der Waals surface area (Å²) in [6.07, 6.45) is 18.7. The minimum atomic E-state index is -0.912. The fourth-order valence-corrected chi connectivity index (χ4v) is 2.35. The number of carbonyl (C=O) groups is 1. The number of allylic oxidation sites excluding steroid dienone is 3. The maximum absolute atomic E-state index is 10.2. The number of hydrogen-bond donors (Lipinski definition) is 2. The van der Waals surface area contributed by atoms with E-state index in [4.69, 9.17) is 10.4 Å². The molecule has 0 saturated carbocycles. The van der Waals surface area contributed by atoms with E-state index < -0.39 is 5.97 Å². The average molecular weight is 312 g/mol. The SMILES string of the molecule is CCCCC[C@@H](CCCCCCCC=CC=CC(=O)O)OO. The van der Waals surface area contributed by atoms with Gasteiger partial charge in [-0.3, -0.25) is 5.26 Å². The lowest BCUT2D eigenvalue weighted by molar-refractivity contribution is -0.281. The van der Waals surface area contributed by atoms with Crippen molar-refractivity contribution in [3.63, 3.8) is 0 Å². The Morgan fingerprint density at radius 1 is 1.00 bits per heavy atom. The van der Waals surface area contributed by atoms with Crippen LogP contribution in [-0.2, 0) is 9.68 Å². The Morgan fingerprint density at radius 3 is 2.27 bits per heavy atom. The fraction of sp³-hybridized carbons (Fsp3) is 0.722. The molecule has 0 spiro atoms. The summed E-state index contributed by atoms with van der Waals surface area (Å²) in [5, 5.41) is 17.3. The normalized spacial score (nSPS) is 13.2. The highest BCUT2D eigenvalue weighted by Crippen LogP contribution is 2.14. The van der Waals surface area contributed by atoms with Gasteiger partial charge in [0.05, 0.1) is 6.10 Å². The molecule has 2 N–H and O–H groups in total. The van der Waals surface area contributed by atoms with E-state index in [1.165, 1.54) is 32.1 Å². The molecule has 0 aliphatic rings. The molecule has 0 fully saturated rings. The highest BCUT2D eigenvalue weighted by atomic mass is 17.1. The second-order valence-corrected chi connectivity index (χ2v) is 5.69. The highest BCUT2D eigenvalue weighted by molar-refractivity contribution is 5.80. The standard InChI is InChI=1S/C18H32O4/c1-2-3-11-14-17(22-21)15-12-9-7-5-4-6-8-10-13-16-18(19)20/h8,10,13,16-17,21H,2-7,9,11-12,14-15H2,1H3,(H,19,20)/t17-/m0/s1. The van der Waals surface area contributed by atoms with Gasteiger partial charge in [0.25, 0.3) is 0 Å². The summed E-state index contributed by atoms with van der Waals surface area (Å²) in [7, 11) is 0. The van der Waals surface area contributed by atoms with E-state index in [1.54, 1.807) is 12.2 Å². The monoisotopic (exact) mass is 312 g/mol. The number of aliphatic carboxylic acids is 1. The van der Waals surface area contributed by atoms with Crippen molar-refractivity contribution < 1.29 is 20.0 Å². The van der Waals surface area contributed by atoms with Gasteiger partial charge in [0.15, 0.2) is 0 Å². The molecule has 0 aromatic rings. The molecule has 4 nitrogen and oxygen atoms in total. The van der Waals surface area contributed by atoms with Crippen molar-refractivity contribution >= 4 is 5.97 Å². The second-order valence-electron chi connectivity index (χ2n) is 5.69. The van der Waals surface area contributed by atoms with E-state index in [-0.39, 0.29) is 6.10 Å². The Bertz CT molecular complexity index is 310. The van der Waals surface area contributed by atoms with Crippen LogP contribution in [-0.4, -0.2) is 22.4 Å². The van der Waals surface area contributed by atoms with Crippen molar-refractivity contribution in [1.29, 1.82) is 0 Å². The van der Waals surface area contributed by atoms with Crippen LogP contribution in [0.25, 0.3) is 0 Å². The molecule has 0 aliphatic carbocycles. The molecular formula is C18H32O4. The number of unbranched alkanes of at least 4 members (excludes halogenated alkanes) is 7. The predicted octanol–water partition coefficient (Wildman–Crippen LogP) is 5.35. The van der Waals surface area contributed by atoms with Crippen LogP contribution in [0.3, 0.4) is 0 Å². The smallest absolute Gasteiger partial charge is 0.328 e. The van der Waals surface area contributed by atoms with Crippen LogP contribution in [0.15, 0.2) is 24.3 Å². The van der Waals surface area contributed by atoms with Gasteiger partial charge in [0.2, 0.25) is 0 Å². The van der Waals surface area contributed by atoms with Crippen LogP contribution in [0.1, 0.15) is 77.6 Å². The Labute approximate surface area is 134 Å². The van der Waals surface area contributed by atoms with Crippen molar-refractivity contribution in [2.45, 2.75) is 83.7 Å². The van der Waals surface area contributed by atoms with E-state index in [0.29, 0.717) is 0 Å². The third kappa shape index (κ3) is 15.3. The largest absolute Gasteiger partial charge is 0.478 e. The van der Waals surface area contributed by atoms with Gasteiger partial charge in [0, 0.05) is 6.08 Å². The summed E-state index contributed by atoms with van der Waals surface area (Å²) >= 11 is 0. The summed E-state index contributed by atoms with van der Waals surface area (Å²) in [5.41, 5.74) is 0. The van der Waals surface area contributed by atoms with Crippen molar-refractivity contribution in [3.8, 4) is 0 Å². The van der Waals surface area contributed by atoms with Crippen molar-refractivity contribution in [2.24, 2.45) is 0 Å². The molecule has 0 aromatic carbocycles. The topological polar surface area (TPSA) is 66.8 Å². The lowest BCUT2D eigenvalue weighted by Crippen LogP contribution is -2.10. The highest BCUT2D eigenvalue weighted by Gasteiger charge is 2.07. The number of carboxylic acid groups (broad SMARTS) is 1. The predicted molar refractivity (Wildman–Crippen MR) is 89.9 cm³/mol. The molecule has 0 rings (SSSR count). The fourth-order valence-electron chi connectivity index (χ4n) is 2.35. The summed E-state index contributed by atoms with van der Waals surface area (Å²) in [6.45, 7) is 2.17. The van der Waals surface area contributed by atoms with Crippen LogP contribution in [0.2, 0.25) is 0 Å². The maximum Gasteiger partial charge on any atom is 0.328 e. The van der Waals surface area contributed by atoms with Crippen LogP contribution >= 0.6 is 0 Å². The molecule has 0 saturated heterocycles. The van der Waals surface area contributed by atoms with E-state index in [9.17, 15) is 4.79 Å². The number of hydrogen-bond acceptors (Lipinski definition) is 3. The van der Waals surface area contributed by atoms with Gasteiger partial charge in [-0.1, -0.05) is 70.1 Å². The molecule has 0 aliphatic heterocycles. The first-order valence-electron chi connectivity index (χ1n) is 8.57. The zero-order valence-corrected chi connectivity index (χ0v) is 13.9. The lowest BCUT2D eigenvalue weighted by Gasteiger charge is -2.12. The molecule has 0 radical (unpaired) electrons. The number of carboxylic acids is 1. The summed E-state index contributed by atoms with van der Waals surface area (Å²) in [6, 6.07) is 0. The van der Waals surface area contributed by atoms with Gasteiger partial charge in [0.1, 0.15) is 0 Å². The van der Waals surface area contributed by atoms with E-state index in [0.717, 1.165) is 44.6 Å². The average Bonchev–Trinajstić information content (AvgIpc) is 2.50.